The van der Waals surface area contributed by atoms with Crippen LogP contribution in [0.5, 0.6) is 17.2 Å². The van der Waals surface area contributed by atoms with Crippen LogP contribution in [0.4, 0.5) is 11.4 Å². The van der Waals surface area contributed by atoms with Crippen molar-refractivity contribution >= 4 is 28.3 Å². The molecule has 2 aliphatic heterocycles. The van der Waals surface area contributed by atoms with Gasteiger partial charge in [-0.3, -0.25) is 4.99 Å². The molecule has 1 N–H and O–H groups in total. The van der Waals surface area contributed by atoms with E-state index in [1.807, 2.05) is 12.1 Å². The number of ether oxygens (including phenoxy) is 3. The molecule has 0 bridgehead atoms. The lowest BCUT2D eigenvalue weighted by molar-refractivity contribution is 0.324. The summed E-state index contributed by atoms with van der Waals surface area (Å²) in [6, 6.07) is 10.4. The Bertz CT molecular complexity index is 860. The molecule has 0 saturated carbocycles. The van der Waals surface area contributed by atoms with Crippen LogP contribution < -0.4 is 24.4 Å². The molecule has 2 aromatic carbocycles. The maximum atomic E-state index is 5.44. The molecule has 2 aromatic rings. The summed E-state index contributed by atoms with van der Waals surface area (Å²) in [7, 11) is 4.87. The quantitative estimate of drug-likeness (QED) is 0.811. The minimum absolute atomic E-state index is 0.607. The molecule has 0 amide bonds. The maximum absolute atomic E-state index is 5.44. The first kappa shape index (κ1) is 17.9. The SMILES string of the molecule is COc1cc(CNc2ccc3c(c2)N2CCCN=C2S3)cc(OC)c1OC. The Morgan fingerprint density at radius 1 is 1.07 bits per heavy atom. The van der Waals surface area contributed by atoms with Crippen molar-refractivity contribution in [2.24, 2.45) is 4.99 Å². The topological polar surface area (TPSA) is 55.3 Å². The minimum Gasteiger partial charge on any atom is -0.493 e. The molecule has 142 valence electrons. The summed E-state index contributed by atoms with van der Waals surface area (Å²) in [6.45, 7) is 2.62. The largest absolute Gasteiger partial charge is 0.493 e. The summed E-state index contributed by atoms with van der Waals surface area (Å²) >= 11 is 1.76. The summed E-state index contributed by atoms with van der Waals surface area (Å²) in [5, 5.41) is 4.62. The second-order valence-corrected chi connectivity index (χ2v) is 7.35. The lowest BCUT2D eigenvalue weighted by Gasteiger charge is -2.23. The van der Waals surface area contributed by atoms with Gasteiger partial charge in [-0.15, -0.1) is 0 Å². The fourth-order valence-corrected chi connectivity index (χ4v) is 4.42. The van der Waals surface area contributed by atoms with E-state index in [0.29, 0.717) is 23.8 Å². The highest BCUT2D eigenvalue weighted by molar-refractivity contribution is 8.14. The summed E-state index contributed by atoms with van der Waals surface area (Å²) in [4.78, 5) is 8.22. The van der Waals surface area contributed by atoms with Crippen molar-refractivity contribution in [3.63, 3.8) is 0 Å². The molecule has 4 rings (SSSR count). The molecule has 0 atom stereocenters. The van der Waals surface area contributed by atoms with E-state index >= 15 is 0 Å². The highest BCUT2D eigenvalue weighted by Crippen LogP contribution is 2.43. The molecule has 0 aliphatic carbocycles. The predicted octanol–water partition coefficient (Wildman–Crippen LogP) is 4.00. The first-order valence-electron chi connectivity index (χ1n) is 8.90. The monoisotopic (exact) mass is 385 g/mol. The van der Waals surface area contributed by atoms with E-state index in [1.54, 1.807) is 33.1 Å². The van der Waals surface area contributed by atoms with E-state index in [2.05, 4.69) is 33.4 Å². The third kappa shape index (κ3) is 3.39. The van der Waals surface area contributed by atoms with Crippen LogP contribution >= 0.6 is 11.8 Å². The molecule has 0 radical (unpaired) electrons. The zero-order valence-electron chi connectivity index (χ0n) is 15.7. The molecule has 0 spiro atoms. The molecule has 7 heteroatoms. The number of hydrogen-bond acceptors (Lipinski definition) is 7. The van der Waals surface area contributed by atoms with Crippen LogP contribution in [0.3, 0.4) is 0 Å². The third-order valence-corrected chi connectivity index (χ3v) is 5.79. The van der Waals surface area contributed by atoms with Gasteiger partial charge in [0.05, 0.1) is 27.0 Å². The van der Waals surface area contributed by atoms with Gasteiger partial charge in [0.1, 0.15) is 0 Å². The van der Waals surface area contributed by atoms with E-state index in [4.69, 9.17) is 14.2 Å². The van der Waals surface area contributed by atoms with Crippen LogP contribution in [0.15, 0.2) is 40.2 Å². The summed E-state index contributed by atoms with van der Waals surface area (Å²) in [5.41, 5.74) is 3.38. The Balaban J connectivity index is 1.53. The van der Waals surface area contributed by atoms with Crippen molar-refractivity contribution in [3.8, 4) is 17.2 Å². The first-order valence-corrected chi connectivity index (χ1v) is 9.71. The molecular weight excluding hydrogens is 362 g/mol. The van der Waals surface area contributed by atoms with Crippen LogP contribution in [-0.2, 0) is 6.54 Å². The number of benzene rings is 2. The molecule has 2 aliphatic rings. The standard InChI is InChI=1S/C20H23N3O3S/c1-24-16-9-13(10-17(25-2)19(16)26-3)12-22-14-5-6-18-15(11-14)23-8-4-7-21-20(23)27-18/h5-6,9-11,22H,4,7-8,12H2,1-3H3. The van der Waals surface area contributed by atoms with Gasteiger partial charge >= 0.3 is 0 Å². The highest BCUT2D eigenvalue weighted by atomic mass is 32.2. The summed E-state index contributed by atoms with van der Waals surface area (Å²) in [6.07, 6.45) is 1.10. The van der Waals surface area contributed by atoms with Crippen molar-refractivity contribution in [2.45, 2.75) is 17.9 Å². The number of nitrogens with one attached hydrogen (secondary N) is 1. The molecule has 0 unspecified atom stereocenters. The zero-order chi connectivity index (χ0) is 18.8. The number of hydrogen-bond donors (Lipinski definition) is 1. The third-order valence-electron chi connectivity index (χ3n) is 4.69. The van der Waals surface area contributed by atoms with E-state index in [1.165, 1.54) is 10.6 Å². The maximum Gasteiger partial charge on any atom is 0.203 e. The van der Waals surface area contributed by atoms with E-state index in [9.17, 15) is 0 Å². The number of fused-ring (bicyclic) bond motifs is 3. The van der Waals surface area contributed by atoms with Gasteiger partial charge in [-0.25, -0.2) is 0 Å². The van der Waals surface area contributed by atoms with Crippen LogP contribution in [0, 0.1) is 0 Å². The number of aliphatic imine (C=N–C) groups is 1. The van der Waals surface area contributed by atoms with Gasteiger partial charge in [0.25, 0.3) is 0 Å². The van der Waals surface area contributed by atoms with Crippen molar-refractivity contribution in [1.29, 1.82) is 0 Å². The smallest absolute Gasteiger partial charge is 0.203 e. The van der Waals surface area contributed by atoms with Gasteiger partial charge in [-0.2, -0.15) is 0 Å². The van der Waals surface area contributed by atoms with Crippen molar-refractivity contribution in [3.05, 3.63) is 35.9 Å². The van der Waals surface area contributed by atoms with Crippen LogP contribution in [0.2, 0.25) is 0 Å². The second-order valence-electron chi connectivity index (χ2n) is 6.34. The molecule has 2 heterocycles. The zero-order valence-corrected chi connectivity index (χ0v) is 16.6. The van der Waals surface area contributed by atoms with Gasteiger partial charge in [-0.1, -0.05) is 0 Å². The normalized spacial score (nSPS) is 14.9. The molecule has 0 saturated heterocycles. The van der Waals surface area contributed by atoms with Crippen molar-refractivity contribution in [2.75, 3.05) is 44.6 Å². The average molecular weight is 385 g/mol. The van der Waals surface area contributed by atoms with E-state index in [-0.39, 0.29) is 0 Å². The Labute approximate surface area is 163 Å². The average Bonchev–Trinajstić information content (AvgIpc) is 3.09. The Morgan fingerprint density at radius 2 is 1.85 bits per heavy atom. The number of thioether (sulfide) groups is 1. The molecule has 6 nitrogen and oxygen atoms in total. The highest BCUT2D eigenvalue weighted by Gasteiger charge is 2.28. The molecule has 0 fully saturated rings. The fraction of sp³-hybridized carbons (Fsp3) is 0.350. The predicted molar refractivity (Wildman–Crippen MR) is 110 cm³/mol. The van der Waals surface area contributed by atoms with Gasteiger partial charge < -0.3 is 24.4 Å². The molecule has 27 heavy (non-hydrogen) atoms. The van der Waals surface area contributed by atoms with E-state index in [0.717, 1.165) is 35.9 Å². The molecular formula is C20H23N3O3S. The summed E-state index contributed by atoms with van der Waals surface area (Å²) in [5.74, 6) is 1.93. The number of anilines is 2. The van der Waals surface area contributed by atoms with Gasteiger partial charge in [0, 0.05) is 30.2 Å². The van der Waals surface area contributed by atoms with Gasteiger partial charge in [0.15, 0.2) is 16.7 Å². The lowest BCUT2D eigenvalue weighted by Crippen LogP contribution is -2.30. The Morgan fingerprint density at radius 3 is 2.56 bits per heavy atom. The van der Waals surface area contributed by atoms with Crippen molar-refractivity contribution < 1.29 is 14.2 Å². The number of nitrogens with zero attached hydrogens (tertiary/aromatic N) is 2. The number of amidine groups is 1. The minimum atomic E-state index is 0.607. The number of rotatable bonds is 6. The molecule has 0 aromatic heterocycles. The number of methoxy groups -OCH3 is 3. The fourth-order valence-electron chi connectivity index (χ4n) is 3.36. The van der Waals surface area contributed by atoms with Gasteiger partial charge in [0.2, 0.25) is 5.75 Å². The van der Waals surface area contributed by atoms with Gasteiger partial charge in [-0.05, 0) is 54.1 Å². The van der Waals surface area contributed by atoms with Crippen LogP contribution in [0.25, 0.3) is 0 Å². The van der Waals surface area contributed by atoms with E-state index < -0.39 is 0 Å². The second kappa shape index (κ2) is 7.60. The van der Waals surface area contributed by atoms with Crippen LogP contribution in [0.1, 0.15) is 12.0 Å². The Hall–Kier alpha value is -2.54. The summed E-state index contributed by atoms with van der Waals surface area (Å²) < 4.78 is 16.3. The first-order chi connectivity index (χ1) is 13.2. The van der Waals surface area contributed by atoms with Crippen molar-refractivity contribution in [1.82, 2.24) is 0 Å². The Kier molecular flexibility index (Phi) is 5.03. The van der Waals surface area contributed by atoms with Crippen LogP contribution in [-0.4, -0.2) is 39.6 Å². The lowest BCUT2D eigenvalue weighted by atomic mass is 10.1.